The fraction of sp³-hybridized carbons (Fsp3) is 0.611. The number of amides is 2. The molecule has 0 spiro atoms. The average Bonchev–Trinajstić information content (AvgIpc) is 3.22. The zero-order valence-electron chi connectivity index (χ0n) is 16.1. The zero-order valence-corrected chi connectivity index (χ0v) is 16.1. The van der Waals surface area contributed by atoms with Gasteiger partial charge in [-0.3, -0.25) is 4.68 Å². The summed E-state index contributed by atoms with van der Waals surface area (Å²) in [5, 5.41) is 10.8. The molecule has 2 amide bonds. The van der Waals surface area contributed by atoms with E-state index in [0.29, 0.717) is 30.0 Å². The van der Waals surface area contributed by atoms with Crippen LogP contribution < -0.4 is 5.32 Å². The molecule has 1 aliphatic rings. The zero-order chi connectivity index (χ0) is 20.5. The number of nitrogens with one attached hydrogen (secondary N) is 1. The Balaban J connectivity index is 1.60. The van der Waals surface area contributed by atoms with Crippen molar-refractivity contribution < 1.29 is 22.5 Å². The monoisotopic (exact) mass is 399 g/mol. The van der Waals surface area contributed by atoms with Gasteiger partial charge in [-0.25, -0.2) is 4.79 Å². The van der Waals surface area contributed by atoms with Gasteiger partial charge in [0.15, 0.2) is 0 Å². The van der Waals surface area contributed by atoms with Gasteiger partial charge in [0, 0.05) is 36.3 Å². The molecule has 2 aromatic heterocycles. The summed E-state index contributed by atoms with van der Waals surface area (Å²) in [6, 6.07) is 1.17. The van der Waals surface area contributed by atoms with Crippen LogP contribution in [0.2, 0.25) is 0 Å². The number of urea groups is 1. The molecule has 1 fully saturated rings. The largest absolute Gasteiger partial charge is 0.408 e. The second-order valence-electron chi connectivity index (χ2n) is 7.21. The molecule has 1 saturated heterocycles. The summed E-state index contributed by atoms with van der Waals surface area (Å²) < 4.78 is 43.9. The maximum Gasteiger partial charge on any atom is 0.408 e. The van der Waals surface area contributed by atoms with E-state index in [-0.39, 0.29) is 11.9 Å². The van der Waals surface area contributed by atoms with Crippen molar-refractivity contribution in [1.29, 1.82) is 0 Å². The lowest BCUT2D eigenvalue weighted by Crippen LogP contribution is -2.45. The van der Waals surface area contributed by atoms with E-state index >= 15 is 0 Å². The highest BCUT2D eigenvalue weighted by Crippen LogP contribution is 2.28. The van der Waals surface area contributed by atoms with E-state index in [1.807, 2.05) is 6.07 Å². The van der Waals surface area contributed by atoms with Gasteiger partial charge in [-0.2, -0.15) is 18.3 Å². The highest BCUT2D eigenvalue weighted by molar-refractivity contribution is 5.75. The maximum atomic E-state index is 12.7. The molecule has 28 heavy (non-hydrogen) atoms. The van der Waals surface area contributed by atoms with Gasteiger partial charge < -0.3 is 14.7 Å². The number of carbonyl (C=O) groups excluding carboxylic acids is 1. The fourth-order valence-electron chi connectivity index (χ4n) is 3.82. The number of aromatic nitrogens is 3. The van der Waals surface area contributed by atoms with Crippen molar-refractivity contribution in [2.75, 3.05) is 13.1 Å². The first-order valence-electron chi connectivity index (χ1n) is 9.22. The second-order valence-corrected chi connectivity index (χ2v) is 7.21. The van der Waals surface area contributed by atoms with E-state index in [9.17, 15) is 18.0 Å². The lowest BCUT2D eigenvalue weighted by atomic mass is 9.94. The molecule has 0 aliphatic carbocycles. The number of likely N-dealkylation sites (tertiary alicyclic amines) is 1. The van der Waals surface area contributed by atoms with E-state index in [2.05, 4.69) is 15.6 Å². The van der Waals surface area contributed by atoms with Crippen LogP contribution in [0.3, 0.4) is 0 Å². The predicted octanol–water partition coefficient (Wildman–Crippen LogP) is 3.70. The SMILES string of the molecule is Cc1nn(CC(F)(F)F)c(C)c1C(C)NC(=O)N1CCC(c2ccon2)CC1. The van der Waals surface area contributed by atoms with Crippen LogP contribution in [-0.2, 0) is 6.54 Å². The van der Waals surface area contributed by atoms with E-state index in [1.165, 1.54) is 0 Å². The second kappa shape index (κ2) is 7.84. The number of nitrogens with zero attached hydrogens (tertiary/aromatic N) is 4. The van der Waals surface area contributed by atoms with Crippen LogP contribution in [0.15, 0.2) is 16.9 Å². The quantitative estimate of drug-likeness (QED) is 0.851. The molecule has 0 radical (unpaired) electrons. The molecule has 1 unspecified atom stereocenters. The molecule has 3 rings (SSSR count). The minimum absolute atomic E-state index is 0.228. The van der Waals surface area contributed by atoms with E-state index in [1.54, 1.807) is 31.9 Å². The first-order valence-corrected chi connectivity index (χ1v) is 9.22. The Bertz CT molecular complexity index is 808. The number of piperidine rings is 1. The Morgan fingerprint density at radius 1 is 1.36 bits per heavy atom. The van der Waals surface area contributed by atoms with Crippen molar-refractivity contribution in [3.05, 3.63) is 35.0 Å². The fourth-order valence-corrected chi connectivity index (χ4v) is 3.82. The predicted molar refractivity (Wildman–Crippen MR) is 94.8 cm³/mol. The van der Waals surface area contributed by atoms with Gasteiger partial charge in [-0.05, 0) is 33.6 Å². The van der Waals surface area contributed by atoms with Gasteiger partial charge >= 0.3 is 12.2 Å². The molecule has 3 heterocycles. The van der Waals surface area contributed by atoms with Gasteiger partial charge in [0.05, 0.1) is 17.4 Å². The van der Waals surface area contributed by atoms with Crippen LogP contribution in [0.5, 0.6) is 0 Å². The number of rotatable bonds is 4. The summed E-state index contributed by atoms with van der Waals surface area (Å²) in [5.74, 6) is 0.269. The summed E-state index contributed by atoms with van der Waals surface area (Å²) in [4.78, 5) is 14.3. The van der Waals surface area contributed by atoms with Crippen molar-refractivity contribution in [2.24, 2.45) is 0 Å². The van der Waals surface area contributed by atoms with Gasteiger partial charge in [0.25, 0.3) is 0 Å². The highest BCUT2D eigenvalue weighted by Gasteiger charge is 2.31. The Morgan fingerprint density at radius 3 is 2.61 bits per heavy atom. The summed E-state index contributed by atoms with van der Waals surface area (Å²) in [6.07, 6.45) is -1.23. The van der Waals surface area contributed by atoms with Crippen LogP contribution in [0.1, 0.15) is 54.4 Å². The third kappa shape index (κ3) is 4.48. The standard InChI is InChI=1S/C18H24F3N5O2/c1-11(16-12(2)23-26(13(16)3)10-18(19,20)21)22-17(27)25-7-4-14(5-8-25)15-6-9-28-24-15/h6,9,11,14H,4-5,7-8,10H2,1-3H3,(H,22,27). The first-order chi connectivity index (χ1) is 13.2. The molecule has 1 aliphatic heterocycles. The minimum atomic E-state index is -4.35. The van der Waals surface area contributed by atoms with Crippen molar-refractivity contribution in [1.82, 2.24) is 25.2 Å². The van der Waals surface area contributed by atoms with Crippen LogP contribution >= 0.6 is 0 Å². The van der Waals surface area contributed by atoms with Crippen molar-refractivity contribution in [3.8, 4) is 0 Å². The molecule has 0 bridgehead atoms. The van der Waals surface area contributed by atoms with Crippen LogP contribution in [0.25, 0.3) is 0 Å². The number of hydrogen-bond acceptors (Lipinski definition) is 4. The third-order valence-corrected chi connectivity index (χ3v) is 5.20. The molecule has 7 nitrogen and oxygen atoms in total. The van der Waals surface area contributed by atoms with E-state index in [4.69, 9.17) is 4.52 Å². The lowest BCUT2D eigenvalue weighted by molar-refractivity contribution is -0.143. The van der Waals surface area contributed by atoms with Gasteiger partial charge in [-0.1, -0.05) is 5.16 Å². The topological polar surface area (TPSA) is 76.2 Å². The lowest BCUT2D eigenvalue weighted by Gasteiger charge is -2.32. The Hall–Kier alpha value is -2.52. The third-order valence-electron chi connectivity index (χ3n) is 5.20. The minimum Gasteiger partial charge on any atom is -0.365 e. The smallest absolute Gasteiger partial charge is 0.365 e. The molecule has 0 saturated carbocycles. The average molecular weight is 399 g/mol. The molecule has 2 aromatic rings. The highest BCUT2D eigenvalue weighted by atomic mass is 19.4. The molecule has 10 heteroatoms. The van der Waals surface area contributed by atoms with Crippen LogP contribution in [0, 0.1) is 13.8 Å². The Labute approximate surface area is 160 Å². The number of halogens is 3. The molecular formula is C18H24F3N5O2. The van der Waals surface area contributed by atoms with Gasteiger partial charge in [-0.15, -0.1) is 0 Å². The van der Waals surface area contributed by atoms with Crippen molar-refractivity contribution in [2.45, 2.75) is 58.3 Å². The maximum absolute atomic E-state index is 12.7. The number of carbonyl (C=O) groups is 1. The van der Waals surface area contributed by atoms with Gasteiger partial charge in [0.2, 0.25) is 0 Å². The molecule has 1 atom stereocenters. The summed E-state index contributed by atoms with van der Waals surface area (Å²) in [5.41, 5.74) is 2.42. The van der Waals surface area contributed by atoms with Crippen molar-refractivity contribution >= 4 is 6.03 Å². The molecule has 154 valence electrons. The molecular weight excluding hydrogens is 375 g/mol. The molecule has 1 N–H and O–H groups in total. The normalized spacial score (nSPS) is 17.0. The molecule has 0 aromatic carbocycles. The van der Waals surface area contributed by atoms with E-state index < -0.39 is 18.8 Å². The van der Waals surface area contributed by atoms with Crippen LogP contribution in [-0.4, -0.2) is 45.1 Å². The summed E-state index contributed by atoms with van der Waals surface area (Å²) in [7, 11) is 0. The van der Waals surface area contributed by atoms with Crippen molar-refractivity contribution in [3.63, 3.8) is 0 Å². The Kier molecular flexibility index (Phi) is 5.66. The number of alkyl halides is 3. The number of aryl methyl sites for hydroxylation is 1. The Morgan fingerprint density at radius 2 is 2.04 bits per heavy atom. The van der Waals surface area contributed by atoms with Crippen LogP contribution in [0.4, 0.5) is 18.0 Å². The van der Waals surface area contributed by atoms with Gasteiger partial charge in [0.1, 0.15) is 12.8 Å². The summed E-state index contributed by atoms with van der Waals surface area (Å²) >= 11 is 0. The first kappa shape index (κ1) is 20.2. The van der Waals surface area contributed by atoms with E-state index in [0.717, 1.165) is 23.2 Å². The number of hydrogen-bond donors (Lipinski definition) is 1. The summed E-state index contributed by atoms with van der Waals surface area (Å²) in [6.45, 7) is 5.03.